The smallest absolute Gasteiger partial charge is 0.145 e. The third kappa shape index (κ3) is 3.19. The summed E-state index contributed by atoms with van der Waals surface area (Å²) in [6.45, 7) is 0.822. The maximum Gasteiger partial charge on any atom is 0.145 e. The van der Waals surface area contributed by atoms with Crippen molar-refractivity contribution >= 4 is 5.69 Å². The van der Waals surface area contributed by atoms with E-state index in [2.05, 4.69) is 10.4 Å². The zero-order valence-electron chi connectivity index (χ0n) is 11.5. The Kier molecular flexibility index (Phi) is 4.28. The molecule has 1 heterocycles. The monoisotopic (exact) mass is 261 g/mol. The molecule has 0 amide bonds. The van der Waals surface area contributed by atoms with Crippen LogP contribution in [0.5, 0.6) is 11.5 Å². The van der Waals surface area contributed by atoms with Crippen LogP contribution in [0.3, 0.4) is 0 Å². The predicted octanol–water partition coefficient (Wildman–Crippen LogP) is 2.09. The first-order valence-electron chi connectivity index (χ1n) is 6.17. The molecule has 5 nitrogen and oxygen atoms in total. The number of nitrogens with one attached hydrogen (secondary N) is 1. The van der Waals surface area contributed by atoms with Crippen molar-refractivity contribution in [2.75, 3.05) is 26.1 Å². The summed E-state index contributed by atoms with van der Waals surface area (Å²) >= 11 is 0. The summed E-state index contributed by atoms with van der Waals surface area (Å²) in [4.78, 5) is 0. The van der Waals surface area contributed by atoms with Crippen LogP contribution in [0.1, 0.15) is 5.69 Å². The van der Waals surface area contributed by atoms with Crippen molar-refractivity contribution in [3.05, 3.63) is 36.2 Å². The lowest BCUT2D eigenvalue weighted by Crippen LogP contribution is -2.09. The summed E-state index contributed by atoms with van der Waals surface area (Å²) in [5.41, 5.74) is 2.16. The number of hydrogen-bond acceptors (Lipinski definition) is 4. The van der Waals surface area contributed by atoms with Crippen molar-refractivity contribution < 1.29 is 9.47 Å². The van der Waals surface area contributed by atoms with Gasteiger partial charge >= 0.3 is 0 Å². The number of hydrogen-bond donors (Lipinski definition) is 1. The lowest BCUT2D eigenvalue weighted by atomic mass is 10.2. The average Bonchev–Trinajstić information content (AvgIpc) is 2.84. The first kappa shape index (κ1) is 13.3. The minimum atomic E-state index is 0.782. The maximum atomic E-state index is 5.34. The van der Waals surface area contributed by atoms with Gasteiger partial charge in [-0.15, -0.1) is 0 Å². The van der Waals surface area contributed by atoms with E-state index in [9.17, 15) is 0 Å². The van der Waals surface area contributed by atoms with Crippen LogP contribution < -0.4 is 14.8 Å². The van der Waals surface area contributed by atoms with Gasteiger partial charge in [0.15, 0.2) is 0 Å². The van der Waals surface area contributed by atoms with E-state index in [1.807, 2.05) is 42.2 Å². The first-order chi connectivity index (χ1) is 9.24. The van der Waals surface area contributed by atoms with Gasteiger partial charge in [0, 0.05) is 38.0 Å². The molecule has 0 bridgehead atoms. The van der Waals surface area contributed by atoms with Crippen LogP contribution in [0.4, 0.5) is 5.69 Å². The molecule has 0 aliphatic carbocycles. The third-order valence-electron chi connectivity index (χ3n) is 3.03. The molecule has 0 aliphatic heterocycles. The molecule has 102 valence electrons. The number of anilines is 1. The molecule has 0 atom stereocenters. The van der Waals surface area contributed by atoms with Crippen molar-refractivity contribution in [3.63, 3.8) is 0 Å². The van der Waals surface area contributed by atoms with Crippen molar-refractivity contribution in [1.29, 1.82) is 0 Å². The minimum Gasteiger partial charge on any atom is -0.497 e. The van der Waals surface area contributed by atoms with Gasteiger partial charge in [-0.1, -0.05) is 0 Å². The third-order valence-corrected chi connectivity index (χ3v) is 3.03. The number of benzene rings is 1. The lowest BCUT2D eigenvalue weighted by molar-refractivity contribution is 0.395. The Morgan fingerprint density at radius 1 is 1.21 bits per heavy atom. The van der Waals surface area contributed by atoms with Crippen molar-refractivity contribution in [2.24, 2.45) is 7.05 Å². The second-order valence-corrected chi connectivity index (χ2v) is 4.19. The topological polar surface area (TPSA) is 48.3 Å². The van der Waals surface area contributed by atoms with Crippen molar-refractivity contribution in [3.8, 4) is 11.5 Å². The van der Waals surface area contributed by atoms with Crippen molar-refractivity contribution in [2.45, 2.75) is 6.42 Å². The first-order valence-corrected chi connectivity index (χ1v) is 6.17. The van der Waals surface area contributed by atoms with E-state index in [-0.39, 0.29) is 0 Å². The largest absolute Gasteiger partial charge is 0.497 e. The standard InChI is InChI=1S/C14H19N3O2/c1-17-11(7-9-16-17)6-8-15-13-5-4-12(18-2)10-14(13)19-3/h4-5,7,9-10,15H,6,8H2,1-3H3. The van der Waals surface area contributed by atoms with Gasteiger partial charge in [-0.05, 0) is 18.2 Å². The van der Waals surface area contributed by atoms with E-state index in [1.54, 1.807) is 14.2 Å². The number of aromatic nitrogens is 2. The Morgan fingerprint density at radius 2 is 2.05 bits per heavy atom. The van der Waals surface area contributed by atoms with Gasteiger partial charge in [-0.3, -0.25) is 4.68 Å². The van der Waals surface area contributed by atoms with Crippen LogP contribution in [-0.2, 0) is 13.5 Å². The van der Waals surface area contributed by atoms with Crippen LogP contribution >= 0.6 is 0 Å². The zero-order valence-corrected chi connectivity index (χ0v) is 11.5. The van der Waals surface area contributed by atoms with Gasteiger partial charge in [0.2, 0.25) is 0 Å². The van der Waals surface area contributed by atoms with Gasteiger partial charge in [-0.25, -0.2) is 0 Å². The Hall–Kier alpha value is -2.17. The summed E-state index contributed by atoms with van der Waals surface area (Å²) < 4.78 is 12.4. The maximum absolute atomic E-state index is 5.34. The van der Waals surface area contributed by atoms with Crippen LogP contribution in [0.25, 0.3) is 0 Å². The number of rotatable bonds is 6. The Bertz CT molecular complexity index is 537. The Balaban J connectivity index is 1.97. The molecular formula is C14H19N3O2. The number of methoxy groups -OCH3 is 2. The summed E-state index contributed by atoms with van der Waals surface area (Å²) in [6.07, 6.45) is 2.72. The number of nitrogens with zero attached hydrogens (tertiary/aromatic N) is 2. The molecule has 0 spiro atoms. The second kappa shape index (κ2) is 6.13. The van der Waals surface area contributed by atoms with Gasteiger partial charge in [-0.2, -0.15) is 5.10 Å². The molecule has 0 radical (unpaired) electrons. The van der Waals surface area contributed by atoms with E-state index >= 15 is 0 Å². The van der Waals surface area contributed by atoms with Gasteiger partial charge in [0.05, 0.1) is 19.9 Å². The summed E-state index contributed by atoms with van der Waals surface area (Å²) in [5.74, 6) is 1.57. The molecule has 5 heteroatoms. The normalized spacial score (nSPS) is 10.3. The summed E-state index contributed by atoms with van der Waals surface area (Å²) in [7, 11) is 5.24. The molecule has 1 N–H and O–H groups in total. The van der Waals surface area contributed by atoms with Gasteiger partial charge in [0.25, 0.3) is 0 Å². The molecule has 0 saturated carbocycles. The molecule has 0 unspecified atom stereocenters. The van der Waals surface area contributed by atoms with E-state index in [0.29, 0.717) is 0 Å². The fourth-order valence-corrected chi connectivity index (χ4v) is 1.92. The predicted molar refractivity (Wildman–Crippen MR) is 74.9 cm³/mol. The molecule has 2 rings (SSSR count). The van der Waals surface area contributed by atoms with Crippen molar-refractivity contribution in [1.82, 2.24) is 9.78 Å². The molecule has 1 aromatic heterocycles. The molecule has 1 aromatic carbocycles. The van der Waals surface area contributed by atoms with E-state index in [1.165, 1.54) is 5.69 Å². The Labute approximate surface area is 113 Å². The molecule has 19 heavy (non-hydrogen) atoms. The summed E-state index contributed by atoms with van der Waals surface area (Å²) in [6, 6.07) is 7.76. The highest BCUT2D eigenvalue weighted by molar-refractivity contribution is 5.59. The highest BCUT2D eigenvalue weighted by atomic mass is 16.5. The molecular weight excluding hydrogens is 242 g/mol. The van der Waals surface area contributed by atoms with Crippen LogP contribution in [-0.4, -0.2) is 30.5 Å². The van der Waals surface area contributed by atoms with E-state index < -0.39 is 0 Å². The number of ether oxygens (including phenoxy) is 2. The molecule has 0 aliphatic rings. The van der Waals surface area contributed by atoms with Crippen LogP contribution in [0.15, 0.2) is 30.5 Å². The average molecular weight is 261 g/mol. The fraction of sp³-hybridized carbons (Fsp3) is 0.357. The van der Waals surface area contributed by atoms with E-state index in [4.69, 9.17) is 9.47 Å². The fourth-order valence-electron chi connectivity index (χ4n) is 1.92. The minimum absolute atomic E-state index is 0.782. The highest BCUT2D eigenvalue weighted by Gasteiger charge is 2.05. The molecule has 0 saturated heterocycles. The quantitative estimate of drug-likeness (QED) is 0.865. The second-order valence-electron chi connectivity index (χ2n) is 4.19. The highest BCUT2D eigenvalue weighted by Crippen LogP contribution is 2.28. The van der Waals surface area contributed by atoms with Gasteiger partial charge < -0.3 is 14.8 Å². The zero-order chi connectivity index (χ0) is 13.7. The SMILES string of the molecule is COc1ccc(NCCc2ccnn2C)c(OC)c1. The van der Waals surface area contributed by atoms with Gasteiger partial charge in [0.1, 0.15) is 11.5 Å². The number of aryl methyl sites for hydroxylation is 1. The van der Waals surface area contributed by atoms with E-state index in [0.717, 1.165) is 30.2 Å². The lowest BCUT2D eigenvalue weighted by Gasteiger charge is -2.12. The van der Waals surface area contributed by atoms with Crippen LogP contribution in [0.2, 0.25) is 0 Å². The summed E-state index contributed by atoms with van der Waals surface area (Å²) in [5, 5.41) is 7.51. The molecule has 2 aromatic rings. The molecule has 0 fully saturated rings. The Morgan fingerprint density at radius 3 is 2.68 bits per heavy atom. The van der Waals surface area contributed by atoms with Crippen LogP contribution in [0, 0.1) is 0 Å².